The molecule has 32 heavy (non-hydrogen) atoms. The molecular weight excluding hydrogens is 423 g/mol. The summed E-state index contributed by atoms with van der Waals surface area (Å²) in [5, 5.41) is 11.8. The summed E-state index contributed by atoms with van der Waals surface area (Å²) in [6, 6.07) is 18.7. The second-order valence-corrected chi connectivity index (χ2v) is 7.07. The SMILES string of the molecule is O=C(N[C@H](Cc1cccc(OCc2ccccc2)c1)C(=O)O)c1cccc(C(F)(F)F)c1. The zero-order valence-corrected chi connectivity index (χ0v) is 16.8. The molecule has 0 saturated carbocycles. The highest BCUT2D eigenvalue weighted by Gasteiger charge is 2.31. The van der Waals surface area contributed by atoms with Crippen molar-refractivity contribution >= 4 is 11.9 Å². The van der Waals surface area contributed by atoms with Crippen molar-refractivity contribution in [1.29, 1.82) is 0 Å². The van der Waals surface area contributed by atoms with Gasteiger partial charge in [0.2, 0.25) is 0 Å². The fraction of sp³-hybridized carbons (Fsp3) is 0.167. The maximum Gasteiger partial charge on any atom is 0.416 e. The third kappa shape index (κ3) is 6.34. The molecule has 0 aliphatic heterocycles. The van der Waals surface area contributed by atoms with Crippen molar-refractivity contribution in [3.63, 3.8) is 0 Å². The van der Waals surface area contributed by atoms with Crippen molar-refractivity contribution in [1.82, 2.24) is 5.32 Å². The minimum absolute atomic E-state index is 0.0669. The summed E-state index contributed by atoms with van der Waals surface area (Å²) in [6.45, 7) is 0.332. The Labute approximate surface area is 182 Å². The van der Waals surface area contributed by atoms with Crippen LogP contribution in [-0.4, -0.2) is 23.0 Å². The topological polar surface area (TPSA) is 75.6 Å². The molecule has 1 atom stereocenters. The van der Waals surface area contributed by atoms with Gasteiger partial charge >= 0.3 is 12.1 Å². The Morgan fingerprint density at radius 3 is 2.28 bits per heavy atom. The molecule has 0 fully saturated rings. The maximum atomic E-state index is 12.9. The number of hydrogen-bond donors (Lipinski definition) is 2. The van der Waals surface area contributed by atoms with Crippen molar-refractivity contribution in [3.8, 4) is 5.75 Å². The number of ether oxygens (including phenoxy) is 1. The molecule has 8 heteroatoms. The van der Waals surface area contributed by atoms with Gasteiger partial charge in [-0.3, -0.25) is 4.79 Å². The quantitative estimate of drug-likeness (QED) is 0.529. The summed E-state index contributed by atoms with van der Waals surface area (Å²) in [5.74, 6) is -1.68. The number of hydrogen-bond acceptors (Lipinski definition) is 3. The third-order valence-corrected chi connectivity index (χ3v) is 4.64. The predicted molar refractivity (Wildman–Crippen MR) is 111 cm³/mol. The van der Waals surface area contributed by atoms with Crippen molar-refractivity contribution in [3.05, 3.63) is 101 Å². The molecule has 3 aromatic rings. The number of carboxylic acids is 1. The molecule has 0 bridgehead atoms. The number of nitrogens with one attached hydrogen (secondary N) is 1. The molecule has 0 aromatic heterocycles. The number of carboxylic acid groups (broad SMARTS) is 1. The maximum absolute atomic E-state index is 12.9. The average molecular weight is 443 g/mol. The summed E-state index contributed by atoms with van der Waals surface area (Å²) in [5.41, 5.74) is 0.299. The lowest BCUT2D eigenvalue weighted by molar-refractivity contribution is -0.139. The van der Waals surface area contributed by atoms with Crippen LogP contribution in [-0.2, 0) is 24.0 Å². The Morgan fingerprint density at radius 2 is 1.59 bits per heavy atom. The monoisotopic (exact) mass is 443 g/mol. The van der Waals surface area contributed by atoms with Crippen LogP contribution in [0.2, 0.25) is 0 Å². The van der Waals surface area contributed by atoms with E-state index in [-0.39, 0.29) is 12.0 Å². The molecule has 0 aliphatic rings. The minimum atomic E-state index is -4.61. The largest absolute Gasteiger partial charge is 0.489 e. The number of benzene rings is 3. The summed E-state index contributed by atoms with van der Waals surface area (Å²) in [4.78, 5) is 24.1. The van der Waals surface area contributed by atoms with Crippen LogP contribution in [0, 0.1) is 0 Å². The molecule has 0 saturated heterocycles. The smallest absolute Gasteiger partial charge is 0.416 e. The van der Waals surface area contributed by atoms with Crippen LogP contribution < -0.4 is 10.1 Å². The number of carbonyl (C=O) groups is 2. The minimum Gasteiger partial charge on any atom is -0.489 e. The number of carbonyl (C=O) groups excluding carboxylic acids is 1. The molecule has 0 radical (unpaired) electrons. The van der Waals surface area contributed by atoms with Crippen LogP contribution in [0.4, 0.5) is 13.2 Å². The van der Waals surface area contributed by atoms with Crippen LogP contribution in [0.1, 0.15) is 27.0 Å². The lowest BCUT2D eigenvalue weighted by Gasteiger charge is -2.16. The van der Waals surface area contributed by atoms with Gasteiger partial charge in [-0.15, -0.1) is 0 Å². The van der Waals surface area contributed by atoms with Gasteiger partial charge in [0.1, 0.15) is 18.4 Å². The van der Waals surface area contributed by atoms with E-state index in [2.05, 4.69) is 5.32 Å². The van der Waals surface area contributed by atoms with Gasteiger partial charge in [-0.25, -0.2) is 4.79 Å². The Hall–Kier alpha value is -3.81. The first kappa shape index (κ1) is 22.9. The molecule has 3 rings (SSSR count). The van der Waals surface area contributed by atoms with E-state index >= 15 is 0 Å². The predicted octanol–water partition coefficient (Wildman–Crippen LogP) is 4.71. The molecule has 5 nitrogen and oxygen atoms in total. The van der Waals surface area contributed by atoms with Crippen molar-refractivity contribution in [2.45, 2.75) is 25.2 Å². The zero-order valence-electron chi connectivity index (χ0n) is 16.8. The number of rotatable bonds is 8. The van der Waals surface area contributed by atoms with E-state index in [9.17, 15) is 27.9 Å². The average Bonchev–Trinajstić information content (AvgIpc) is 2.77. The number of alkyl halides is 3. The first-order valence-corrected chi connectivity index (χ1v) is 9.69. The van der Waals surface area contributed by atoms with Crippen molar-refractivity contribution < 1.29 is 32.6 Å². The van der Waals surface area contributed by atoms with Crippen LogP contribution in [0.25, 0.3) is 0 Å². The fourth-order valence-electron chi connectivity index (χ4n) is 3.02. The van der Waals surface area contributed by atoms with Gasteiger partial charge in [0, 0.05) is 12.0 Å². The first-order chi connectivity index (χ1) is 15.2. The van der Waals surface area contributed by atoms with Crippen molar-refractivity contribution in [2.75, 3.05) is 0 Å². The molecule has 0 unspecified atom stereocenters. The van der Waals surface area contributed by atoms with E-state index < -0.39 is 29.7 Å². The molecule has 1 amide bonds. The molecule has 0 aliphatic carbocycles. The second-order valence-electron chi connectivity index (χ2n) is 7.07. The molecule has 3 aromatic carbocycles. The normalized spacial score (nSPS) is 12.1. The number of amides is 1. The molecular formula is C24H20F3NO4. The standard InChI is InChI=1S/C24H20F3NO4/c25-24(26,27)19-10-5-9-18(14-19)22(29)28-21(23(30)31)13-17-8-4-11-20(12-17)32-15-16-6-2-1-3-7-16/h1-12,14,21H,13,15H2,(H,28,29)(H,30,31)/t21-/m1/s1. The van der Waals surface area contributed by atoms with E-state index in [0.29, 0.717) is 24.0 Å². The van der Waals surface area contributed by atoms with Crippen molar-refractivity contribution in [2.24, 2.45) is 0 Å². The van der Waals surface area contributed by atoms with E-state index in [1.165, 1.54) is 6.07 Å². The molecule has 0 heterocycles. The molecule has 166 valence electrons. The van der Waals surface area contributed by atoms with Gasteiger partial charge in [0.25, 0.3) is 5.91 Å². The van der Waals surface area contributed by atoms with Gasteiger partial charge in [-0.1, -0.05) is 48.5 Å². The number of halogens is 3. The highest BCUT2D eigenvalue weighted by atomic mass is 19.4. The Kier molecular flexibility index (Phi) is 7.14. The molecule has 0 spiro atoms. The summed E-state index contributed by atoms with van der Waals surface area (Å²) >= 11 is 0. The second kappa shape index (κ2) is 10.00. The van der Waals surface area contributed by atoms with E-state index in [1.54, 1.807) is 24.3 Å². The summed E-state index contributed by atoms with van der Waals surface area (Å²) in [6.07, 6.45) is -4.68. The summed E-state index contributed by atoms with van der Waals surface area (Å²) < 4.78 is 44.4. The van der Waals surface area contributed by atoms with Crippen LogP contribution in [0.5, 0.6) is 5.75 Å². The summed E-state index contributed by atoms with van der Waals surface area (Å²) in [7, 11) is 0. The Morgan fingerprint density at radius 1 is 0.906 bits per heavy atom. The highest BCUT2D eigenvalue weighted by molar-refractivity contribution is 5.96. The molecule has 2 N–H and O–H groups in total. The Balaban J connectivity index is 1.68. The highest BCUT2D eigenvalue weighted by Crippen LogP contribution is 2.29. The van der Waals surface area contributed by atoms with E-state index in [4.69, 9.17) is 4.74 Å². The van der Waals surface area contributed by atoms with Gasteiger partial charge in [0.15, 0.2) is 0 Å². The lowest BCUT2D eigenvalue weighted by Crippen LogP contribution is -2.42. The number of aliphatic carboxylic acids is 1. The Bertz CT molecular complexity index is 1080. The lowest BCUT2D eigenvalue weighted by atomic mass is 10.0. The van der Waals surface area contributed by atoms with Crippen LogP contribution >= 0.6 is 0 Å². The first-order valence-electron chi connectivity index (χ1n) is 9.69. The van der Waals surface area contributed by atoms with Gasteiger partial charge in [-0.2, -0.15) is 13.2 Å². The van der Waals surface area contributed by atoms with Crippen LogP contribution in [0.3, 0.4) is 0 Å². The van der Waals surface area contributed by atoms with Gasteiger partial charge in [0.05, 0.1) is 5.56 Å². The zero-order chi connectivity index (χ0) is 23.1. The van der Waals surface area contributed by atoms with E-state index in [1.807, 2.05) is 30.3 Å². The third-order valence-electron chi connectivity index (χ3n) is 4.64. The van der Waals surface area contributed by atoms with Crippen LogP contribution in [0.15, 0.2) is 78.9 Å². The van der Waals surface area contributed by atoms with E-state index in [0.717, 1.165) is 17.7 Å². The van der Waals surface area contributed by atoms with Gasteiger partial charge < -0.3 is 15.2 Å². The fourth-order valence-corrected chi connectivity index (χ4v) is 3.02. The van der Waals surface area contributed by atoms with Gasteiger partial charge in [-0.05, 0) is 41.5 Å².